The van der Waals surface area contributed by atoms with Crippen LogP contribution in [-0.2, 0) is 0 Å². The minimum Gasteiger partial charge on any atom is -0.507 e. The van der Waals surface area contributed by atoms with Crippen LogP contribution in [0.3, 0.4) is 0 Å². The number of nitro groups is 1. The van der Waals surface area contributed by atoms with E-state index in [1.807, 2.05) is 25.1 Å². The Kier molecular flexibility index (Phi) is 6.12. The zero-order chi connectivity index (χ0) is 26.1. The number of aromatic nitrogens is 1. The summed E-state index contributed by atoms with van der Waals surface area (Å²) in [5.41, 5.74) is 3.53. The molecule has 0 unspecified atom stereocenters. The molecule has 3 N–H and O–H groups in total. The number of furan rings is 1. The number of aryl methyl sites for hydroxylation is 1. The van der Waals surface area contributed by atoms with Crippen LogP contribution in [0.15, 0.2) is 81.6 Å². The Bertz CT molecular complexity index is 1690. The molecule has 2 aromatic heterocycles. The van der Waals surface area contributed by atoms with E-state index in [1.54, 1.807) is 18.2 Å². The van der Waals surface area contributed by atoms with Gasteiger partial charge in [0.05, 0.1) is 10.5 Å². The third-order valence-electron chi connectivity index (χ3n) is 5.43. The van der Waals surface area contributed by atoms with Gasteiger partial charge in [-0.2, -0.15) is 0 Å². The SMILES string of the molecule is Cc1ccc2oc(-c3ccc(NC(=S)NC(=O)c4ccc(-c5cccc([N+](=O)[O-])c5)o4)cc3O)nc2c1. The number of nitrogens with zero attached hydrogens (tertiary/aromatic N) is 2. The van der Waals surface area contributed by atoms with Crippen molar-refractivity contribution in [3.05, 3.63) is 94.2 Å². The zero-order valence-electron chi connectivity index (χ0n) is 19.2. The summed E-state index contributed by atoms with van der Waals surface area (Å²) in [7, 11) is 0. The molecule has 11 heteroatoms. The molecular weight excluding hydrogens is 496 g/mol. The van der Waals surface area contributed by atoms with Crippen LogP contribution >= 0.6 is 12.2 Å². The van der Waals surface area contributed by atoms with Gasteiger partial charge >= 0.3 is 0 Å². The minimum absolute atomic E-state index is 0.0252. The smallest absolute Gasteiger partial charge is 0.293 e. The van der Waals surface area contributed by atoms with Crippen LogP contribution in [0.2, 0.25) is 0 Å². The summed E-state index contributed by atoms with van der Waals surface area (Å²) in [5, 5.41) is 26.8. The van der Waals surface area contributed by atoms with Gasteiger partial charge in [0.2, 0.25) is 5.89 Å². The summed E-state index contributed by atoms with van der Waals surface area (Å²) < 4.78 is 11.3. The van der Waals surface area contributed by atoms with Gasteiger partial charge in [-0.25, -0.2) is 4.98 Å². The number of rotatable bonds is 5. The third-order valence-corrected chi connectivity index (χ3v) is 5.63. The first-order valence-corrected chi connectivity index (χ1v) is 11.4. The normalized spacial score (nSPS) is 10.8. The van der Waals surface area contributed by atoms with E-state index in [1.165, 1.54) is 36.4 Å². The van der Waals surface area contributed by atoms with E-state index >= 15 is 0 Å². The molecule has 0 saturated heterocycles. The maximum Gasteiger partial charge on any atom is 0.293 e. The highest BCUT2D eigenvalue weighted by Gasteiger charge is 2.17. The number of nitro benzene ring substituents is 1. The number of benzene rings is 3. The molecule has 2 heterocycles. The van der Waals surface area contributed by atoms with Crippen LogP contribution in [0.25, 0.3) is 33.9 Å². The van der Waals surface area contributed by atoms with Crippen molar-refractivity contribution in [1.82, 2.24) is 10.3 Å². The number of anilines is 1. The van der Waals surface area contributed by atoms with E-state index in [4.69, 9.17) is 21.1 Å². The molecule has 0 spiro atoms. The van der Waals surface area contributed by atoms with Crippen LogP contribution in [0.1, 0.15) is 16.1 Å². The average Bonchev–Trinajstić information content (AvgIpc) is 3.51. The number of carbonyl (C=O) groups is 1. The number of hydrogen-bond acceptors (Lipinski definition) is 8. The monoisotopic (exact) mass is 514 g/mol. The van der Waals surface area contributed by atoms with E-state index in [2.05, 4.69) is 15.6 Å². The molecule has 184 valence electrons. The van der Waals surface area contributed by atoms with Crippen LogP contribution in [0, 0.1) is 17.0 Å². The first kappa shape index (κ1) is 23.7. The number of fused-ring (bicyclic) bond motifs is 1. The fourth-order valence-corrected chi connectivity index (χ4v) is 3.87. The number of oxazole rings is 1. The largest absolute Gasteiger partial charge is 0.507 e. The van der Waals surface area contributed by atoms with Crippen molar-refractivity contribution in [2.24, 2.45) is 0 Å². The quantitative estimate of drug-likeness (QED) is 0.150. The van der Waals surface area contributed by atoms with Gasteiger partial charge in [0, 0.05) is 29.4 Å². The Labute approximate surface area is 214 Å². The topological polar surface area (TPSA) is 144 Å². The molecular formula is C26H18N4O6S. The maximum atomic E-state index is 12.6. The summed E-state index contributed by atoms with van der Waals surface area (Å²) in [6.07, 6.45) is 0. The van der Waals surface area contributed by atoms with Gasteiger partial charge in [-0.1, -0.05) is 18.2 Å². The summed E-state index contributed by atoms with van der Waals surface area (Å²) in [4.78, 5) is 27.5. The Hall–Kier alpha value is -5.03. The summed E-state index contributed by atoms with van der Waals surface area (Å²) in [6.45, 7) is 1.95. The minimum atomic E-state index is -0.614. The van der Waals surface area contributed by atoms with E-state index in [0.717, 1.165) is 5.56 Å². The molecule has 0 bridgehead atoms. The molecule has 0 saturated carbocycles. The Morgan fingerprint density at radius 2 is 1.89 bits per heavy atom. The molecule has 0 aliphatic carbocycles. The lowest BCUT2D eigenvalue weighted by atomic mass is 10.1. The van der Waals surface area contributed by atoms with Crippen molar-refractivity contribution in [3.63, 3.8) is 0 Å². The van der Waals surface area contributed by atoms with E-state index in [0.29, 0.717) is 33.7 Å². The average molecular weight is 515 g/mol. The molecule has 0 aliphatic rings. The molecule has 0 aliphatic heterocycles. The summed E-state index contributed by atoms with van der Waals surface area (Å²) >= 11 is 5.21. The van der Waals surface area contributed by atoms with Gasteiger partial charge in [-0.15, -0.1) is 0 Å². The van der Waals surface area contributed by atoms with E-state index in [9.17, 15) is 20.0 Å². The number of amides is 1. The highest BCUT2D eigenvalue weighted by atomic mass is 32.1. The molecule has 3 aromatic carbocycles. The maximum absolute atomic E-state index is 12.6. The molecule has 5 rings (SSSR count). The second-order valence-corrected chi connectivity index (χ2v) is 8.51. The second-order valence-electron chi connectivity index (χ2n) is 8.10. The lowest BCUT2D eigenvalue weighted by molar-refractivity contribution is -0.384. The first-order valence-electron chi connectivity index (χ1n) is 10.9. The molecule has 37 heavy (non-hydrogen) atoms. The highest BCUT2D eigenvalue weighted by Crippen LogP contribution is 2.33. The van der Waals surface area contributed by atoms with Gasteiger partial charge < -0.3 is 19.3 Å². The van der Waals surface area contributed by atoms with Crippen molar-refractivity contribution in [2.75, 3.05) is 5.32 Å². The number of nitrogens with one attached hydrogen (secondary N) is 2. The molecule has 10 nitrogen and oxygen atoms in total. The lowest BCUT2D eigenvalue weighted by Gasteiger charge is -2.10. The number of phenols is 1. The molecule has 0 radical (unpaired) electrons. The number of hydrogen-bond donors (Lipinski definition) is 3. The number of phenolic OH excluding ortho intramolecular Hbond substituents is 1. The zero-order valence-corrected chi connectivity index (χ0v) is 20.0. The molecule has 0 fully saturated rings. The van der Waals surface area contributed by atoms with Gasteiger partial charge in [0.25, 0.3) is 11.6 Å². The predicted octanol–water partition coefficient (Wildman–Crippen LogP) is 5.80. The second kappa shape index (κ2) is 9.55. The van der Waals surface area contributed by atoms with Gasteiger partial charge in [-0.05, 0) is 61.1 Å². The first-order chi connectivity index (χ1) is 17.8. The van der Waals surface area contributed by atoms with Crippen molar-refractivity contribution in [1.29, 1.82) is 0 Å². The highest BCUT2D eigenvalue weighted by molar-refractivity contribution is 7.80. The van der Waals surface area contributed by atoms with Crippen molar-refractivity contribution in [3.8, 4) is 28.5 Å². The standard InChI is InChI=1S/C26H18N4O6S/c1-14-5-8-22-19(11-14)28-25(36-22)18-7-6-16(13-20(18)31)27-26(37)29-24(32)23-10-9-21(35-23)15-3-2-4-17(12-15)30(33)34/h2-13,31H,1H3,(H2,27,29,32,37). The molecule has 0 atom stereocenters. The van der Waals surface area contributed by atoms with E-state index in [-0.39, 0.29) is 28.2 Å². The van der Waals surface area contributed by atoms with Crippen LogP contribution in [-0.4, -0.2) is 26.0 Å². The van der Waals surface area contributed by atoms with Crippen molar-refractivity contribution < 1.29 is 23.7 Å². The fourth-order valence-electron chi connectivity index (χ4n) is 3.66. The number of non-ortho nitro benzene ring substituents is 1. The van der Waals surface area contributed by atoms with Gasteiger partial charge in [-0.3, -0.25) is 20.2 Å². The van der Waals surface area contributed by atoms with E-state index < -0.39 is 10.8 Å². The third kappa shape index (κ3) is 5.02. The Morgan fingerprint density at radius 3 is 2.68 bits per heavy atom. The summed E-state index contributed by atoms with van der Waals surface area (Å²) in [6, 6.07) is 19.2. The van der Waals surface area contributed by atoms with Gasteiger partial charge in [0.15, 0.2) is 16.5 Å². The van der Waals surface area contributed by atoms with Gasteiger partial charge in [0.1, 0.15) is 17.0 Å². The summed E-state index contributed by atoms with van der Waals surface area (Å²) in [5.74, 6) is -0.164. The molecule has 1 amide bonds. The van der Waals surface area contributed by atoms with Crippen molar-refractivity contribution >= 4 is 45.7 Å². The van der Waals surface area contributed by atoms with Crippen LogP contribution in [0.4, 0.5) is 11.4 Å². The Balaban J connectivity index is 1.25. The van der Waals surface area contributed by atoms with Crippen LogP contribution in [0.5, 0.6) is 5.75 Å². The van der Waals surface area contributed by atoms with Crippen molar-refractivity contribution in [2.45, 2.75) is 6.92 Å². The predicted molar refractivity (Wildman–Crippen MR) is 140 cm³/mol. The number of thiocarbonyl (C=S) groups is 1. The van der Waals surface area contributed by atoms with Crippen LogP contribution < -0.4 is 10.6 Å². The molecule has 5 aromatic rings. The number of carbonyl (C=O) groups excluding carboxylic acids is 1. The Morgan fingerprint density at radius 1 is 1.05 bits per heavy atom. The lowest BCUT2D eigenvalue weighted by Crippen LogP contribution is -2.33. The number of aromatic hydroxyl groups is 1. The fraction of sp³-hybridized carbons (Fsp3) is 0.0385.